The summed E-state index contributed by atoms with van der Waals surface area (Å²) in [7, 11) is 0. The number of phenolic OH excluding ortho intramolecular Hbond substituents is 2. The monoisotopic (exact) mass is 264 g/mol. The maximum atomic E-state index is 12.2. The molecule has 1 saturated carbocycles. The number of carbonyl (C=O) groups excluding carboxylic acids is 1. The molecule has 1 spiro atoms. The molecule has 0 unspecified atom stereocenters. The highest BCUT2D eigenvalue weighted by atomic mass is 32.2. The van der Waals surface area contributed by atoms with Gasteiger partial charge in [-0.25, -0.2) is 0 Å². The Balaban J connectivity index is 2.03. The molecule has 18 heavy (non-hydrogen) atoms. The van der Waals surface area contributed by atoms with Crippen molar-refractivity contribution in [1.29, 1.82) is 0 Å². The van der Waals surface area contributed by atoms with Gasteiger partial charge in [-0.05, 0) is 18.9 Å². The molecule has 3 nitrogen and oxygen atoms in total. The van der Waals surface area contributed by atoms with E-state index in [-0.39, 0.29) is 22.0 Å². The molecule has 1 aliphatic heterocycles. The lowest BCUT2D eigenvalue weighted by Crippen LogP contribution is -2.34. The first-order chi connectivity index (χ1) is 8.60. The van der Waals surface area contributed by atoms with Crippen LogP contribution in [0.15, 0.2) is 17.0 Å². The summed E-state index contributed by atoms with van der Waals surface area (Å²) in [5, 5.41) is 19.4. The van der Waals surface area contributed by atoms with Gasteiger partial charge in [-0.1, -0.05) is 19.3 Å². The Morgan fingerprint density at radius 2 is 1.83 bits per heavy atom. The van der Waals surface area contributed by atoms with E-state index in [9.17, 15) is 15.0 Å². The first-order valence-electron chi connectivity index (χ1n) is 6.38. The van der Waals surface area contributed by atoms with Gasteiger partial charge >= 0.3 is 0 Å². The van der Waals surface area contributed by atoms with Gasteiger partial charge in [-0.3, -0.25) is 4.79 Å². The van der Waals surface area contributed by atoms with Crippen LogP contribution in [0.25, 0.3) is 0 Å². The van der Waals surface area contributed by atoms with E-state index < -0.39 is 0 Å². The van der Waals surface area contributed by atoms with Gasteiger partial charge in [0.1, 0.15) is 11.5 Å². The van der Waals surface area contributed by atoms with Crippen molar-refractivity contribution in [2.45, 2.75) is 48.2 Å². The van der Waals surface area contributed by atoms with Gasteiger partial charge < -0.3 is 10.2 Å². The Morgan fingerprint density at radius 1 is 1.11 bits per heavy atom. The summed E-state index contributed by atoms with van der Waals surface area (Å²) in [4.78, 5) is 13.0. The van der Waals surface area contributed by atoms with Gasteiger partial charge in [0.15, 0.2) is 5.78 Å². The number of rotatable bonds is 0. The highest BCUT2D eigenvalue weighted by Gasteiger charge is 2.41. The molecule has 1 heterocycles. The van der Waals surface area contributed by atoms with E-state index in [4.69, 9.17) is 0 Å². The van der Waals surface area contributed by atoms with Crippen LogP contribution in [-0.4, -0.2) is 20.7 Å². The summed E-state index contributed by atoms with van der Waals surface area (Å²) in [5.41, 5.74) is 0.397. The van der Waals surface area contributed by atoms with E-state index in [1.807, 2.05) is 0 Å². The number of phenols is 2. The van der Waals surface area contributed by atoms with Crippen LogP contribution in [0.1, 0.15) is 48.9 Å². The Labute approximate surface area is 110 Å². The Bertz CT molecular complexity index is 504. The van der Waals surface area contributed by atoms with Crippen LogP contribution < -0.4 is 0 Å². The minimum absolute atomic E-state index is 0.00255. The Kier molecular flexibility index (Phi) is 2.77. The average Bonchev–Trinajstić information content (AvgIpc) is 2.27. The molecule has 0 radical (unpaired) electrons. The van der Waals surface area contributed by atoms with E-state index in [2.05, 4.69) is 0 Å². The zero-order valence-electron chi connectivity index (χ0n) is 10.1. The zero-order chi connectivity index (χ0) is 12.8. The maximum absolute atomic E-state index is 12.2. The second-order valence-corrected chi connectivity index (χ2v) is 6.79. The van der Waals surface area contributed by atoms with E-state index in [1.165, 1.54) is 25.3 Å². The van der Waals surface area contributed by atoms with Crippen LogP contribution in [0.5, 0.6) is 11.5 Å². The molecule has 0 aromatic heterocycles. The predicted molar refractivity (Wildman–Crippen MR) is 70.4 cm³/mol. The number of Topliss-reactive ketones (excluding diaryl/α,β-unsaturated/α-hetero) is 1. The molecule has 0 saturated heterocycles. The van der Waals surface area contributed by atoms with Crippen LogP contribution in [0.2, 0.25) is 0 Å². The molecule has 1 aromatic rings. The van der Waals surface area contributed by atoms with Gasteiger partial charge in [-0.15, -0.1) is 11.8 Å². The lowest BCUT2D eigenvalue weighted by atomic mass is 9.83. The average molecular weight is 264 g/mol. The fourth-order valence-electron chi connectivity index (χ4n) is 3.07. The summed E-state index contributed by atoms with van der Waals surface area (Å²) in [6.07, 6.45) is 6.21. The summed E-state index contributed by atoms with van der Waals surface area (Å²) >= 11 is 1.67. The lowest BCUT2D eigenvalue weighted by Gasteiger charge is -2.39. The molecule has 1 fully saturated rings. The molecule has 4 heteroatoms. The van der Waals surface area contributed by atoms with Crippen molar-refractivity contribution in [3.05, 3.63) is 17.7 Å². The highest BCUT2D eigenvalue weighted by Crippen LogP contribution is 2.53. The van der Waals surface area contributed by atoms with Crippen LogP contribution in [-0.2, 0) is 0 Å². The molecule has 0 amide bonds. The van der Waals surface area contributed by atoms with Crippen LogP contribution in [0.4, 0.5) is 0 Å². The van der Waals surface area contributed by atoms with Crippen molar-refractivity contribution >= 4 is 17.5 Å². The SMILES string of the molecule is O=C1CC2(CCCCC2)Sc2cc(O)cc(O)c21. The molecule has 1 aromatic carbocycles. The minimum Gasteiger partial charge on any atom is -0.508 e. The van der Waals surface area contributed by atoms with Crippen LogP contribution in [0, 0.1) is 0 Å². The smallest absolute Gasteiger partial charge is 0.169 e. The Hall–Kier alpha value is -1.16. The fraction of sp³-hybridized carbons (Fsp3) is 0.500. The molecular formula is C14H16O3S. The second-order valence-electron chi connectivity index (χ2n) is 5.28. The molecule has 1 aliphatic carbocycles. The second kappa shape index (κ2) is 4.19. The summed E-state index contributed by atoms with van der Waals surface area (Å²) in [6, 6.07) is 2.85. The van der Waals surface area contributed by atoms with Crippen molar-refractivity contribution in [2.75, 3.05) is 0 Å². The molecule has 3 rings (SSSR count). The summed E-state index contributed by atoms with van der Waals surface area (Å²) < 4.78 is 0.00255. The summed E-state index contributed by atoms with van der Waals surface area (Å²) in [5.74, 6) is -0.0456. The third kappa shape index (κ3) is 1.88. The quantitative estimate of drug-likeness (QED) is 0.753. The van der Waals surface area contributed by atoms with Crippen molar-refractivity contribution in [3.63, 3.8) is 0 Å². The first-order valence-corrected chi connectivity index (χ1v) is 7.19. The molecule has 0 bridgehead atoms. The van der Waals surface area contributed by atoms with Gasteiger partial charge in [0.25, 0.3) is 0 Å². The van der Waals surface area contributed by atoms with Crippen molar-refractivity contribution in [3.8, 4) is 11.5 Å². The van der Waals surface area contributed by atoms with Crippen molar-refractivity contribution < 1.29 is 15.0 Å². The van der Waals surface area contributed by atoms with E-state index >= 15 is 0 Å². The molecule has 2 N–H and O–H groups in total. The lowest BCUT2D eigenvalue weighted by molar-refractivity contribution is 0.0950. The van der Waals surface area contributed by atoms with Crippen molar-refractivity contribution in [2.24, 2.45) is 0 Å². The van der Waals surface area contributed by atoms with E-state index in [1.54, 1.807) is 17.8 Å². The topological polar surface area (TPSA) is 57.5 Å². The number of hydrogen-bond donors (Lipinski definition) is 2. The minimum atomic E-state index is -0.0897. The van der Waals surface area contributed by atoms with E-state index in [0.29, 0.717) is 12.0 Å². The molecule has 2 aliphatic rings. The van der Waals surface area contributed by atoms with Gasteiger partial charge in [0, 0.05) is 22.1 Å². The van der Waals surface area contributed by atoms with Crippen LogP contribution >= 0.6 is 11.8 Å². The number of carbonyl (C=O) groups is 1. The van der Waals surface area contributed by atoms with Gasteiger partial charge in [0.2, 0.25) is 0 Å². The first kappa shape index (κ1) is 11.9. The normalized spacial score (nSPS) is 21.9. The number of aromatic hydroxyl groups is 2. The van der Waals surface area contributed by atoms with Gasteiger partial charge in [0.05, 0.1) is 5.56 Å². The van der Waals surface area contributed by atoms with Gasteiger partial charge in [-0.2, -0.15) is 0 Å². The molecular weight excluding hydrogens is 248 g/mol. The third-order valence-electron chi connectivity index (χ3n) is 3.92. The zero-order valence-corrected chi connectivity index (χ0v) is 10.9. The summed E-state index contributed by atoms with van der Waals surface area (Å²) in [6.45, 7) is 0. The number of ketones is 1. The fourth-order valence-corrected chi connectivity index (χ4v) is 4.74. The highest BCUT2D eigenvalue weighted by molar-refractivity contribution is 8.01. The number of hydrogen-bond acceptors (Lipinski definition) is 4. The van der Waals surface area contributed by atoms with Crippen molar-refractivity contribution in [1.82, 2.24) is 0 Å². The number of benzene rings is 1. The maximum Gasteiger partial charge on any atom is 0.169 e. The largest absolute Gasteiger partial charge is 0.508 e. The third-order valence-corrected chi connectivity index (χ3v) is 5.45. The Morgan fingerprint density at radius 3 is 2.56 bits per heavy atom. The number of fused-ring (bicyclic) bond motifs is 1. The number of thioether (sulfide) groups is 1. The predicted octanol–water partition coefficient (Wildman–Crippen LogP) is 3.48. The van der Waals surface area contributed by atoms with E-state index in [0.717, 1.165) is 17.7 Å². The molecule has 0 atom stereocenters. The standard InChI is InChI=1S/C14H16O3S/c15-9-6-10(16)13-11(17)8-14(18-12(13)7-9)4-2-1-3-5-14/h6-7,15-16H,1-5,8H2. The molecule has 96 valence electrons. The van der Waals surface area contributed by atoms with Crippen LogP contribution in [0.3, 0.4) is 0 Å².